The van der Waals surface area contributed by atoms with E-state index >= 15 is 0 Å². The van der Waals surface area contributed by atoms with Crippen molar-refractivity contribution in [2.45, 2.75) is 6.54 Å². The number of rotatable bonds is 3. The predicted octanol–water partition coefficient (Wildman–Crippen LogP) is 3.08. The van der Waals surface area contributed by atoms with Crippen molar-refractivity contribution in [3.63, 3.8) is 0 Å². The minimum absolute atomic E-state index is 0.158. The van der Waals surface area contributed by atoms with E-state index in [0.717, 1.165) is 16.7 Å². The standard InChI is InChI=1S/C20H14N4O/c21-13-17-5-1-2-6-18(17)16-10-8-15(9-11-16)14-24-20(25)23-12-4-3-7-19(23)22-24/h1-12H,14H2. The number of benzene rings is 2. The number of pyridine rings is 1. The van der Waals surface area contributed by atoms with Gasteiger partial charge in [-0.25, -0.2) is 9.48 Å². The van der Waals surface area contributed by atoms with E-state index in [-0.39, 0.29) is 5.69 Å². The van der Waals surface area contributed by atoms with E-state index in [4.69, 9.17) is 0 Å². The summed E-state index contributed by atoms with van der Waals surface area (Å²) in [5.41, 5.74) is 3.97. The van der Waals surface area contributed by atoms with Crippen LogP contribution in [0, 0.1) is 11.3 Å². The molecule has 2 heterocycles. The molecule has 0 bridgehead atoms. The normalized spacial score (nSPS) is 10.7. The van der Waals surface area contributed by atoms with Crippen LogP contribution in [0.15, 0.2) is 77.7 Å². The maximum atomic E-state index is 12.3. The van der Waals surface area contributed by atoms with Gasteiger partial charge in [0.1, 0.15) is 0 Å². The van der Waals surface area contributed by atoms with Crippen LogP contribution in [0.1, 0.15) is 11.1 Å². The SMILES string of the molecule is N#Cc1ccccc1-c1ccc(Cn2nc3ccccn3c2=O)cc1. The van der Waals surface area contributed by atoms with E-state index in [9.17, 15) is 10.1 Å². The summed E-state index contributed by atoms with van der Waals surface area (Å²) in [6.45, 7) is 0.403. The van der Waals surface area contributed by atoms with E-state index in [0.29, 0.717) is 17.8 Å². The van der Waals surface area contributed by atoms with Crippen molar-refractivity contribution in [3.8, 4) is 17.2 Å². The Kier molecular flexibility index (Phi) is 3.64. The second-order valence-corrected chi connectivity index (χ2v) is 5.72. The van der Waals surface area contributed by atoms with Gasteiger partial charge < -0.3 is 0 Å². The number of aromatic nitrogens is 3. The lowest BCUT2D eigenvalue weighted by Gasteiger charge is -2.06. The van der Waals surface area contributed by atoms with Gasteiger partial charge in [-0.3, -0.25) is 4.40 Å². The molecule has 2 aromatic carbocycles. The average molecular weight is 326 g/mol. The molecular weight excluding hydrogens is 312 g/mol. The van der Waals surface area contributed by atoms with Crippen molar-refractivity contribution in [1.29, 1.82) is 5.26 Å². The molecule has 0 amide bonds. The molecule has 0 aliphatic carbocycles. The summed E-state index contributed by atoms with van der Waals surface area (Å²) in [6.07, 6.45) is 1.71. The first-order valence-electron chi connectivity index (χ1n) is 7.89. The molecule has 0 fully saturated rings. The first kappa shape index (κ1) is 14.9. The highest BCUT2D eigenvalue weighted by Gasteiger charge is 2.08. The molecule has 0 saturated heterocycles. The van der Waals surface area contributed by atoms with Crippen molar-refractivity contribution in [1.82, 2.24) is 14.2 Å². The smallest absolute Gasteiger partial charge is 0.250 e. The van der Waals surface area contributed by atoms with Crippen molar-refractivity contribution in [2.24, 2.45) is 0 Å². The minimum atomic E-state index is -0.158. The van der Waals surface area contributed by atoms with Crippen LogP contribution in [-0.2, 0) is 6.54 Å². The summed E-state index contributed by atoms with van der Waals surface area (Å²) in [4.78, 5) is 12.3. The molecule has 0 N–H and O–H groups in total. The number of hydrogen-bond donors (Lipinski definition) is 0. The summed E-state index contributed by atoms with van der Waals surface area (Å²) in [6, 6.07) is 23.0. The molecule has 4 aromatic rings. The van der Waals surface area contributed by atoms with Gasteiger partial charge in [-0.2, -0.15) is 5.26 Å². The number of nitriles is 1. The van der Waals surface area contributed by atoms with Crippen LogP contribution < -0.4 is 5.69 Å². The van der Waals surface area contributed by atoms with Gasteiger partial charge in [-0.15, -0.1) is 5.10 Å². The monoisotopic (exact) mass is 326 g/mol. The van der Waals surface area contributed by atoms with Gasteiger partial charge in [0.25, 0.3) is 0 Å². The number of nitrogens with zero attached hydrogens (tertiary/aromatic N) is 4. The summed E-state index contributed by atoms with van der Waals surface area (Å²) < 4.78 is 2.98. The van der Waals surface area contributed by atoms with Gasteiger partial charge in [0.15, 0.2) is 5.65 Å². The zero-order chi connectivity index (χ0) is 17.2. The molecule has 0 aliphatic rings. The van der Waals surface area contributed by atoms with E-state index in [2.05, 4.69) is 11.2 Å². The van der Waals surface area contributed by atoms with Gasteiger partial charge in [-0.1, -0.05) is 48.5 Å². The molecule has 5 heteroatoms. The highest BCUT2D eigenvalue weighted by atomic mass is 16.2. The van der Waals surface area contributed by atoms with Crippen LogP contribution in [-0.4, -0.2) is 14.2 Å². The highest BCUT2D eigenvalue weighted by Crippen LogP contribution is 2.23. The summed E-state index contributed by atoms with van der Waals surface area (Å²) in [5.74, 6) is 0. The van der Waals surface area contributed by atoms with E-state index in [1.54, 1.807) is 18.3 Å². The lowest BCUT2D eigenvalue weighted by molar-refractivity contribution is 0.659. The molecule has 0 atom stereocenters. The summed E-state index contributed by atoms with van der Waals surface area (Å²) in [5, 5.41) is 13.6. The fourth-order valence-corrected chi connectivity index (χ4v) is 2.87. The number of fused-ring (bicyclic) bond motifs is 1. The van der Waals surface area contributed by atoms with Gasteiger partial charge in [0, 0.05) is 6.20 Å². The van der Waals surface area contributed by atoms with Crippen LogP contribution in [0.5, 0.6) is 0 Å². The van der Waals surface area contributed by atoms with Gasteiger partial charge in [0.2, 0.25) is 0 Å². The zero-order valence-electron chi connectivity index (χ0n) is 13.3. The maximum Gasteiger partial charge on any atom is 0.350 e. The van der Waals surface area contributed by atoms with Gasteiger partial charge in [0.05, 0.1) is 18.2 Å². The molecule has 120 valence electrons. The second kappa shape index (κ2) is 6.10. The van der Waals surface area contributed by atoms with Crippen molar-refractivity contribution < 1.29 is 0 Å². The third kappa shape index (κ3) is 2.70. The van der Waals surface area contributed by atoms with Crippen LogP contribution >= 0.6 is 0 Å². The average Bonchev–Trinajstić information content (AvgIpc) is 2.98. The third-order valence-electron chi connectivity index (χ3n) is 4.13. The van der Waals surface area contributed by atoms with E-state index in [1.165, 1.54) is 9.08 Å². The highest BCUT2D eigenvalue weighted by molar-refractivity contribution is 5.70. The van der Waals surface area contributed by atoms with Crippen LogP contribution in [0.4, 0.5) is 0 Å². The van der Waals surface area contributed by atoms with Crippen LogP contribution in [0.3, 0.4) is 0 Å². The summed E-state index contributed by atoms with van der Waals surface area (Å²) >= 11 is 0. The zero-order valence-corrected chi connectivity index (χ0v) is 13.3. The van der Waals surface area contributed by atoms with Crippen molar-refractivity contribution >= 4 is 5.65 Å². The second-order valence-electron chi connectivity index (χ2n) is 5.72. The Morgan fingerprint density at radius 3 is 2.48 bits per heavy atom. The lowest BCUT2D eigenvalue weighted by atomic mass is 9.99. The molecule has 0 saturated carbocycles. The molecule has 2 aromatic heterocycles. The largest absolute Gasteiger partial charge is 0.350 e. The van der Waals surface area contributed by atoms with Crippen molar-refractivity contribution in [3.05, 3.63) is 94.5 Å². The van der Waals surface area contributed by atoms with E-state index in [1.807, 2.05) is 54.6 Å². The molecule has 4 rings (SSSR count). The van der Waals surface area contributed by atoms with Crippen molar-refractivity contribution in [2.75, 3.05) is 0 Å². The molecule has 0 radical (unpaired) electrons. The van der Waals surface area contributed by atoms with Crippen LogP contribution in [0.2, 0.25) is 0 Å². The lowest BCUT2D eigenvalue weighted by Crippen LogP contribution is -2.21. The molecule has 0 spiro atoms. The molecule has 25 heavy (non-hydrogen) atoms. The topological polar surface area (TPSA) is 63.1 Å². The summed E-state index contributed by atoms with van der Waals surface area (Å²) in [7, 11) is 0. The number of hydrogen-bond acceptors (Lipinski definition) is 3. The maximum absolute atomic E-state index is 12.3. The molecule has 5 nitrogen and oxygen atoms in total. The molecular formula is C20H14N4O. The Morgan fingerprint density at radius 2 is 1.72 bits per heavy atom. The Bertz CT molecular complexity index is 1150. The molecule has 0 aliphatic heterocycles. The third-order valence-corrected chi connectivity index (χ3v) is 4.13. The fourth-order valence-electron chi connectivity index (χ4n) is 2.87. The predicted molar refractivity (Wildman–Crippen MR) is 95.1 cm³/mol. The first-order chi connectivity index (χ1) is 12.3. The Labute approximate surface area is 144 Å². The minimum Gasteiger partial charge on any atom is -0.250 e. The van der Waals surface area contributed by atoms with Gasteiger partial charge in [-0.05, 0) is 34.9 Å². The first-order valence-corrected chi connectivity index (χ1v) is 7.89. The Hall–Kier alpha value is -3.65. The van der Waals surface area contributed by atoms with Crippen LogP contribution in [0.25, 0.3) is 16.8 Å². The Balaban J connectivity index is 1.65. The van der Waals surface area contributed by atoms with Gasteiger partial charge >= 0.3 is 5.69 Å². The fraction of sp³-hybridized carbons (Fsp3) is 0.0500. The quantitative estimate of drug-likeness (QED) is 0.581. The van der Waals surface area contributed by atoms with E-state index < -0.39 is 0 Å². The Morgan fingerprint density at radius 1 is 0.960 bits per heavy atom. The molecule has 0 unspecified atom stereocenters.